The SMILES string of the molecule is O=c1[nH]c(CSc2cccc[n+]2[O-])nc2c(Br)cc(Br)cc12. The molecule has 8 heteroatoms. The van der Waals surface area contributed by atoms with Crippen LogP contribution in [0.1, 0.15) is 5.82 Å². The van der Waals surface area contributed by atoms with Gasteiger partial charge in [0.1, 0.15) is 5.82 Å². The number of nitrogens with zero attached hydrogens (tertiary/aromatic N) is 2. The van der Waals surface area contributed by atoms with Gasteiger partial charge in [0.2, 0.25) is 0 Å². The number of aromatic amines is 1. The predicted molar refractivity (Wildman–Crippen MR) is 92.7 cm³/mol. The summed E-state index contributed by atoms with van der Waals surface area (Å²) in [5.74, 6) is 0.925. The normalized spacial score (nSPS) is 11.0. The number of nitrogens with one attached hydrogen (secondary N) is 1. The minimum Gasteiger partial charge on any atom is -0.618 e. The van der Waals surface area contributed by atoms with E-state index in [-0.39, 0.29) is 5.56 Å². The summed E-state index contributed by atoms with van der Waals surface area (Å²) in [7, 11) is 0. The summed E-state index contributed by atoms with van der Waals surface area (Å²) in [5, 5.41) is 12.7. The van der Waals surface area contributed by atoms with Crippen LogP contribution in [0.4, 0.5) is 0 Å². The number of pyridine rings is 1. The van der Waals surface area contributed by atoms with Crippen molar-refractivity contribution in [3.63, 3.8) is 0 Å². The number of aromatic nitrogens is 3. The fraction of sp³-hybridized carbons (Fsp3) is 0.0714. The van der Waals surface area contributed by atoms with Crippen LogP contribution in [-0.4, -0.2) is 9.97 Å². The van der Waals surface area contributed by atoms with Gasteiger partial charge in [-0.25, -0.2) is 4.98 Å². The lowest BCUT2D eigenvalue weighted by molar-refractivity contribution is -0.645. The maximum atomic E-state index is 12.2. The number of hydrogen-bond donors (Lipinski definition) is 1. The summed E-state index contributed by atoms with van der Waals surface area (Å²) in [5.41, 5.74) is 0.399. The van der Waals surface area contributed by atoms with Crippen LogP contribution in [0, 0.1) is 5.21 Å². The van der Waals surface area contributed by atoms with E-state index in [0.717, 1.165) is 13.7 Å². The maximum absolute atomic E-state index is 12.2. The number of benzene rings is 1. The van der Waals surface area contributed by atoms with E-state index < -0.39 is 0 Å². The second kappa shape index (κ2) is 6.39. The lowest BCUT2D eigenvalue weighted by Crippen LogP contribution is -2.27. The number of thioether (sulfide) groups is 1. The minimum absolute atomic E-state index is 0.203. The molecule has 22 heavy (non-hydrogen) atoms. The summed E-state index contributed by atoms with van der Waals surface area (Å²) < 4.78 is 2.34. The third kappa shape index (κ3) is 3.18. The van der Waals surface area contributed by atoms with Gasteiger partial charge in [-0.05, 0) is 45.9 Å². The maximum Gasteiger partial charge on any atom is 0.258 e. The van der Waals surface area contributed by atoms with Crippen LogP contribution in [0.25, 0.3) is 10.9 Å². The van der Waals surface area contributed by atoms with Crippen LogP contribution in [0.3, 0.4) is 0 Å². The number of H-pyrrole nitrogens is 1. The molecule has 112 valence electrons. The smallest absolute Gasteiger partial charge is 0.258 e. The van der Waals surface area contributed by atoms with E-state index in [1.165, 1.54) is 18.0 Å². The lowest BCUT2D eigenvalue weighted by Gasteiger charge is -2.05. The van der Waals surface area contributed by atoms with Crippen LogP contribution < -0.4 is 10.3 Å². The van der Waals surface area contributed by atoms with Crippen LogP contribution in [-0.2, 0) is 5.75 Å². The van der Waals surface area contributed by atoms with E-state index in [0.29, 0.717) is 27.5 Å². The number of fused-ring (bicyclic) bond motifs is 1. The van der Waals surface area contributed by atoms with E-state index in [2.05, 4.69) is 41.8 Å². The van der Waals surface area contributed by atoms with Gasteiger partial charge in [0.15, 0.2) is 6.20 Å². The molecule has 0 atom stereocenters. The van der Waals surface area contributed by atoms with Crippen molar-refractivity contribution in [3.05, 3.63) is 66.9 Å². The molecule has 0 saturated carbocycles. The first-order valence-electron chi connectivity index (χ1n) is 6.23. The molecule has 0 aliphatic heterocycles. The molecule has 0 saturated heterocycles. The van der Waals surface area contributed by atoms with Crippen LogP contribution in [0.2, 0.25) is 0 Å². The van der Waals surface area contributed by atoms with Gasteiger partial charge in [-0.1, -0.05) is 15.9 Å². The minimum atomic E-state index is -0.203. The van der Waals surface area contributed by atoms with Crippen molar-refractivity contribution in [2.75, 3.05) is 0 Å². The molecular weight excluding hydrogens is 434 g/mol. The summed E-state index contributed by atoms with van der Waals surface area (Å²) in [6, 6.07) is 8.76. The van der Waals surface area contributed by atoms with E-state index >= 15 is 0 Å². The molecule has 1 N–H and O–H groups in total. The molecule has 1 aromatic carbocycles. The standard InChI is InChI=1S/C14H9Br2N3O2S/c15-8-5-9-13(10(16)6-8)17-11(18-14(9)20)7-22-12-3-1-2-4-19(12)21/h1-6H,7H2,(H,17,18,20). The molecule has 0 spiro atoms. The second-order valence-electron chi connectivity index (χ2n) is 4.45. The first-order valence-corrected chi connectivity index (χ1v) is 8.81. The van der Waals surface area contributed by atoms with Crippen LogP contribution >= 0.6 is 43.6 Å². The van der Waals surface area contributed by atoms with Gasteiger partial charge in [0.25, 0.3) is 10.6 Å². The second-order valence-corrected chi connectivity index (χ2v) is 7.22. The molecule has 3 rings (SSSR count). The summed E-state index contributed by atoms with van der Waals surface area (Å²) in [4.78, 5) is 19.4. The highest BCUT2D eigenvalue weighted by molar-refractivity contribution is 9.11. The summed E-state index contributed by atoms with van der Waals surface area (Å²) in [6.07, 6.45) is 1.44. The Bertz CT molecular complexity index is 914. The number of hydrogen-bond acceptors (Lipinski definition) is 4. The molecule has 3 aromatic rings. The molecule has 0 aliphatic carbocycles. The zero-order valence-corrected chi connectivity index (χ0v) is 15.0. The van der Waals surface area contributed by atoms with E-state index in [1.54, 1.807) is 24.3 Å². The molecule has 0 unspecified atom stereocenters. The zero-order chi connectivity index (χ0) is 15.7. The third-order valence-corrected chi connectivity index (χ3v) is 5.01. The average Bonchev–Trinajstić information content (AvgIpc) is 2.48. The molecule has 2 aromatic heterocycles. The Morgan fingerprint density at radius 2 is 2.14 bits per heavy atom. The largest absolute Gasteiger partial charge is 0.618 e. The Hall–Kier alpha value is -1.38. The van der Waals surface area contributed by atoms with Gasteiger partial charge in [-0.3, -0.25) is 4.79 Å². The predicted octanol–water partition coefficient (Wildman–Crippen LogP) is 3.37. The molecule has 0 fully saturated rings. The Kier molecular flexibility index (Phi) is 4.51. The quantitative estimate of drug-likeness (QED) is 0.383. The molecule has 0 bridgehead atoms. The molecular formula is C14H9Br2N3O2S. The molecule has 0 radical (unpaired) electrons. The molecule has 5 nitrogen and oxygen atoms in total. The topological polar surface area (TPSA) is 72.7 Å². The van der Waals surface area contributed by atoms with Crippen molar-refractivity contribution in [3.8, 4) is 0 Å². The van der Waals surface area contributed by atoms with Gasteiger partial charge >= 0.3 is 0 Å². The van der Waals surface area contributed by atoms with Crippen molar-refractivity contribution in [2.24, 2.45) is 0 Å². The zero-order valence-electron chi connectivity index (χ0n) is 11.0. The Labute approximate surface area is 146 Å². The average molecular weight is 443 g/mol. The Morgan fingerprint density at radius 3 is 2.91 bits per heavy atom. The Balaban J connectivity index is 1.95. The first kappa shape index (κ1) is 15.5. The Morgan fingerprint density at radius 1 is 1.32 bits per heavy atom. The monoisotopic (exact) mass is 441 g/mol. The number of rotatable bonds is 3. The van der Waals surface area contributed by atoms with Crippen molar-refractivity contribution in [2.45, 2.75) is 10.8 Å². The molecule has 0 amide bonds. The van der Waals surface area contributed by atoms with E-state index in [4.69, 9.17) is 0 Å². The van der Waals surface area contributed by atoms with Crippen molar-refractivity contribution in [1.29, 1.82) is 0 Å². The highest BCUT2D eigenvalue weighted by Gasteiger charge is 2.11. The highest BCUT2D eigenvalue weighted by Crippen LogP contribution is 2.26. The fourth-order valence-corrected chi connectivity index (χ4v) is 4.05. The molecule has 2 heterocycles. The van der Waals surface area contributed by atoms with Crippen molar-refractivity contribution >= 4 is 54.5 Å². The molecule has 0 aliphatic rings. The summed E-state index contributed by atoms with van der Waals surface area (Å²) in [6.45, 7) is 0. The summed E-state index contributed by atoms with van der Waals surface area (Å²) >= 11 is 8.09. The van der Waals surface area contributed by atoms with Gasteiger partial charge < -0.3 is 10.2 Å². The van der Waals surface area contributed by atoms with Gasteiger partial charge in [0, 0.05) is 21.1 Å². The van der Waals surface area contributed by atoms with Gasteiger partial charge in [-0.15, -0.1) is 0 Å². The number of halogens is 2. The fourth-order valence-electron chi connectivity index (χ4n) is 1.95. The van der Waals surface area contributed by atoms with Gasteiger partial charge in [-0.2, -0.15) is 4.73 Å². The first-order chi connectivity index (χ1) is 10.5. The van der Waals surface area contributed by atoms with Crippen LogP contribution in [0.15, 0.2) is 55.3 Å². The third-order valence-electron chi connectivity index (χ3n) is 2.92. The van der Waals surface area contributed by atoms with E-state index in [1.807, 2.05) is 6.07 Å². The van der Waals surface area contributed by atoms with Crippen LogP contribution in [0.5, 0.6) is 0 Å². The van der Waals surface area contributed by atoms with Crippen molar-refractivity contribution in [1.82, 2.24) is 9.97 Å². The highest BCUT2D eigenvalue weighted by atomic mass is 79.9. The van der Waals surface area contributed by atoms with E-state index in [9.17, 15) is 10.0 Å². The lowest BCUT2D eigenvalue weighted by atomic mass is 10.2. The van der Waals surface area contributed by atoms with Gasteiger partial charge in [0.05, 0.1) is 16.7 Å². The van der Waals surface area contributed by atoms with Crippen molar-refractivity contribution < 1.29 is 4.73 Å².